The van der Waals surface area contributed by atoms with Gasteiger partial charge in [0.2, 0.25) is 11.8 Å². The van der Waals surface area contributed by atoms with Gasteiger partial charge in [-0.1, -0.05) is 71.2 Å². The van der Waals surface area contributed by atoms with Crippen LogP contribution in [-0.2, 0) is 14.3 Å². The first-order valence-electron chi connectivity index (χ1n) is 15.2. The predicted octanol–water partition coefficient (Wildman–Crippen LogP) is 7.24. The molecule has 1 aromatic carbocycles. The molecule has 0 aliphatic rings. The van der Waals surface area contributed by atoms with Gasteiger partial charge >= 0.3 is 6.09 Å². The van der Waals surface area contributed by atoms with E-state index in [-0.39, 0.29) is 29.8 Å². The van der Waals surface area contributed by atoms with Crippen LogP contribution in [0.15, 0.2) is 18.2 Å². The minimum absolute atomic E-state index is 0.0288. The Kier molecular flexibility index (Phi) is 14.2. The van der Waals surface area contributed by atoms with Crippen LogP contribution < -0.4 is 10.6 Å². The van der Waals surface area contributed by atoms with Gasteiger partial charge in [0.25, 0.3) is 0 Å². The second kappa shape index (κ2) is 16.0. The van der Waals surface area contributed by atoms with Gasteiger partial charge in [-0.25, -0.2) is 4.79 Å². The highest BCUT2D eigenvalue weighted by atomic mass is 16.6. The minimum atomic E-state index is -0.838. The molecule has 0 heterocycles. The third kappa shape index (κ3) is 11.1. The molecule has 0 fully saturated rings. The van der Waals surface area contributed by atoms with E-state index < -0.39 is 23.8 Å². The number of hydrogen-bond acceptors (Lipinski definition) is 4. The second-order valence-corrected chi connectivity index (χ2v) is 13.0. The molecule has 7 heteroatoms. The fourth-order valence-electron chi connectivity index (χ4n) is 4.97. The summed E-state index contributed by atoms with van der Waals surface area (Å²) in [5.74, 6) is -0.179. The molecule has 5 atom stereocenters. The van der Waals surface area contributed by atoms with Crippen LogP contribution in [0.3, 0.4) is 0 Å². The summed E-state index contributed by atoms with van der Waals surface area (Å²) in [7, 11) is 0. The number of benzene rings is 1. The smallest absolute Gasteiger partial charge is 0.408 e. The van der Waals surface area contributed by atoms with Crippen LogP contribution in [0.5, 0.6) is 0 Å². The van der Waals surface area contributed by atoms with E-state index in [1.165, 1.54) is 0 Å². The van der Waals surface area contributed by atoms with Crippen molar-refractivity contribution in [3.05, 3.63) is 34.9 Å². The predicted molar refractivity (Wildman–Crippen MR) is 164 cm³/mol. The zero-order valence-corrected chi connectivity index (χ0v) is 27.3. The van der Waals surface area contributed by atoms with E-state index >= 15 is 0 Å². The van der Waals surface area contributed by atoms with Gasteiger partial charge < -0.3 is 20.3 Å². The molecule has 228 valence electrons. The number of amides is 3. The fourth-order valence-corrected chi connectivity index (χ4v) is 4.97. The molecule has 0 bridgehead atoms. The summed E-state index contributed by atoms with van der Waals surface area (Å²) in [5, 5.41) is 6.06. The Bertz CT molecular complexity index is 969. The molecule has 1 aromatic rings. The van der Waals surface area contributed by atoms with Gasteiger partial charge in [-0.05, 0) is 90.7 Å². The molecule has 5 unspecified atom stereocenters. The van der Waals surface area contributed by atoms with E-state index in [0.717, 1.165) is 42.4 Å². The topological polar surface area (TPSA) is 87.7 Å². The van der Waals surface area contributed by atoms with Gasteiger partial charge in [-0.2, -0.15) is 0 Å². The molecular formula is C33H57N3O4. The molecule has 2 N–H and O–H groups in total. The van der Waals surface area contributed by atoms with Gasteiger partial charge in [0.1, 0.15) is 17.7 Å². The van der Waals surface area contributed by atoms with E-state index in [1.807, 2.05) is 53.7 Å². The van der Waals surface area contributed by atoms with Crippen LogP contribution in [0, 0.1) is 25.7 Å². The number of nitrogens with zero attached hydrogens (tertiary/aromatic N) is 1. The third-order valence-electron chi connectivity index (χ3n) is 7.40. The van der Waals surface area contributed by atoms with Crippen LogP contribution in [0.2, 0.25) is 0 Å². The lowest BCUT2D eigenvalue weighted by Gasteiger charge is -2.40. The Hall–Kier alpha value is -2.57. The summed E-state index contributed by atoms with van der Waals surface area (Å²) in [6.45, 7) is 23.8. The number of nitrogens with one attached hydrogen (secondary N) is 2. The lowest BCUT2D eigenvalue weighted by Crippen LogP contribution is -2.57. The number of carbonyl (C=O) groups is 3. The zero-order valence-electron chi connectivity index (χ0n) is 27.3. The SMILES string of the molecule is CCCC(C)NC(=O)C(c1ccc(C)cc1C)N(C(=O)C(NC(=O)OC(C)(C)C)C(C)CC)C(C)CCC(C)C. The number of alkyl carbamates (subject to hydrolysis) is 1. The van der Waals surface area contributed by atoms with Crippen LogP contribution in [0.4, 0.5) is 4.79 Å². The summed E-state index contributed by atoms with van der Waals surface area (Å²) in [5.41, 5.74) is 2.15. The van der Waals surface area contributed by atoms with Gasteiger partial charge in [0, 0.05) is 12.1 Å². The summed E-state index contributed by atoms with van der Waals surface area (Å²) in [6, 6.07) is 4.08. The van der Waals surface area contributed by atoms with Crippen LogP contribution in [-0.4, -0.2) is 46.5 Å². The van der Waals surface area contributed by atoms with Crippen molar-refractivity contribution in [3.63, 3.8) is 0 Å². The molecule has 40 heavy (non-hydrogen) atoms. The molecule has 0 aromatic heterocycles. The first kappa shape index (κ1) is 35.5. The number of rotatable bonds is 14. The van der Waals surface area contributed by atoms with Gasteiger partial charge in [-0.15, -0.1) is 0 Å². The Balaban J connectivity index is 3.74. The number of hydrogen-bond donors (Lipinski definition) is 2. The van der Waals surface area contributed by atoms with Crippen LogP contribution in [0.25, 0.3) is 0 Å². The molecule has 0 saturated carbocycles. The highest BCUT2D eigenvalue weighted by Crippen LogP contribution is 2.31. The number of ether oxygens (including phenoxy) is 1. The maximum absolute atomic E-state index is 14.6. The fraction of sp³-hybridized carbons (Fsp3) is 0.727. The molecule has 0 spiro atoms. The second-order valence-electron chi connectivity index (χ2n) is 13.0. The minimum Gasteiger partial charge on any atom is -0.444 e. The molecule has 0 saturated heterocycles. The van der Waals surface area contributed by atoms with E-state index in [2.05, 4.69) is 37.5 Å². The Morgan fingerprint density at radius 1 is 0.925 bits per heavy atom. The van der Waals surface area contributed by atoms with E-state index in [0.29, 0.717) is 12.3 Å². The molecule has 0 radical (unpaired) electrons. The van der Waals surface area contributed by atoms with Crippen molar-refractivity contribution in [3.8, 4) is 0 Å². The molecule has 1 rings (SSSR count). The highest BCUT2D eigenvalue weighted by molar-refractivity contribution is 5.92. The highest BCUT2D eigenvalue weighted by Gasteiger charge is 2.41. The number of carbonyl (C=O) groups excluding carboxylic acids is 3. The van der Waals surface area contributed by atoms with E-state index in [4.69, 9.17) is 4.74 Å². The van der Waals surface area contributed by atoms with Gasteiger partial charge in [-0.3, -0.25) is 9.59 Å². The van der Waals surface area contributed by atoms with Crippen molar-refractivity contribution in [2.45, 2.75) is 145 Å². The Morgan fingerprint density at radius 2 is 1.55 bits per heavy atom. The van der Waals surface area contributed by atoms with E-state index in [1.54, 1.807) is 25.7 Å². The molecular weight excluding hydrogens is 502 g/mol. The third-order valence-corrected chi connectivity index (χ3v) is 7.40. The van der Waals surface area contributed by atoms with Gasteiger partial charge in [0.15, 0.2) is 0 Å². The first-order chi connectivity index (χ1) is 18.5. The molecule has 0 aliphatic heterocycles. The average molecular weight is 560 g/mol. The first-order valence-corrected chi connectivity index (χ1v) is 15.2. The van der Waals surface area contributed by atoms with Gasteiger partial charge in [0.05, 0.1) is 0 Å². The normalized spacial score (nSPS) is 15.5. The van der Waals surface area contributed by atoms with Crippen molar-refractivity contribution < 1.29 is 19.1 Å². The quantitative estimate of drug-likeness (QED) is 0.251. The van der Waals surface area contributed by atoms with Crippen molar-refractivity contribution in [2.75, 3.05) is 0 Å². The zero-order chi connectivity index (χ0) is 30.8. The molecule has 0 aliphatic carbocycles. The summed E-state index contributed by atoms with van der Waals surface area (Å²) in [4.78, 5) is 43.4. The largest absolute Gasteiger partial charge is 0.444 e. The standard InChI is InChI=1S/C33H57N3O4/c1-13-15-25(8)34-30(37)29(27-19-17-22(5)20-24(27)7)36(26(9)18-16-21(3)4)31(38)28(23(6)14-2)35-32(39)40-33(10,11)12/h17,19-21,23,25-26,28-29H,13-16,18H2,1-12H3,(H,34,37)(H,35,39). The molecule has 3 amide bonds. The number of aryl methyl sites for hydroxylation is 2. The van der Waals surface area contributed by atoms with Crippen LogP contribution in [0.1, 0.15) is 124 Å². The maximum Gasteiger partial charge on any atom is 0.408 e. The van der Waals surface area contributed by atoms with E-state index in [9.17, 15) is 14.4 Å². The lowest BCUT2D eigenvalue weighted by molar-refractivity contribution is -0.146. The monoisotopic (exact) mass is 559 g/mol. The summed E-state index contributed by atoms with van der Waals surface area (Å²) < 4.78 is 5.54. The van der Waals surface area contributed by atoms with Crippen molar-refractivity contribution in [2.24, 2.45) is 11.8 Å². The maximum atomic E-state index is 14.6. The van der Waals surface area contributed by atoms with Crippen LogP contribution >= 0.6 is 0 Å². The Labute approximate surface area is 244 Å². The van der Waals surface area contributed by atoms with Crippen molar-refractivity contribution >= 4 is 17.9 Å². The summed E-state index contributed by atoms with van der Waals surface area (Å²) >= 11 is 0. The Morgan fingerprint density at radius 3 is 2.05 bits per heavy atom. The lowest BCUT2D eigenvalue weighted by atomic mass is 9.91. The molecule has 7 nitrogen and oxygen atoms in total. The summed E-state index contributed by atoms with van der Waals surface area (Å²) in [6.07, 6.45) is 3.48. The van der Waals surface area contributed by atoms with Crippen molar-refractivity contribution in [1.82, 2.24) is 15.5 Å². The van der Waals surface area contributed by atoms with Crippen molar-refractivity contribution in [1.29, 1.82) is 0 Å². The average Bonchev–Trinajstić information content (AvgIpc) is 2.83.